The van der Waals surface area contributed by atoms with Crippen LogP contribution in [0.2, 0.25) is 0 Å². The number of aromatic nitrogens is 3. The zero-order chi connectivity index (χ0) is 37.0. The molecule has 7 aromatic rings. The number of rotatable bonds is 5. The van der Waals surface area contributed by atoms with Gasteiger partial charge in [0.05, 0.1) is 5.41 Å². The van der Waals surface area contributed by atoms with E-state index in [2.05, 4.69) is 146 Å². The molecule has 4 heteroatoms. The number of ether oxygens (including phenoxy) is 1. The molecule has 3 fully saturated rings. The third kappa shape index (κ3) is 4.39. The van der Waals surface area contributed by atoms with E-state index in [0.717, 1.165) is 63.0 Å². The molecule has 272 valence electrons. The minimum Gasteiger partial charge on any atom is -0.457 e. The minimum atomic E-state index is -0.560. The number of hydrogen-bond donors (Lipinski definition) is 0. The summed E-state index contributed by atoms with van der Waals surface area (Å²) in [6.45, 7) is 2.43. The van der Waals surface area contributed by atoms with Crippen LogP contribution in [0.1, 0.15) is 73.3 Å². The van der Waals surface area contributed by atoms with Crippen LogP contribution in [0.4, 0.5) is 0 Å². The highest BCUT2D eigenvalue weighted by atomic mass is 16.5. The molecule has 2 bridgehead atoms. The second-order valence-electron chi connectivity index (χ2n) is 17.0. The molecular weight excluding hydrogens is 683 g/mol. The van der Waals surface area contributed by atoms with E-state index in [1.165, 1.54) is 66.3 Å². The number of para-hydroxylation sites is 2. The first-order valence-corrected chi connectivity index (χ1v) is 20.7. The SMILES string of the molecule is CC[C@@H]1C2C[C@@H]3CCCC(c4ccc(-c5nc(-c6ccccc6)nc(-c6ccc7c(c6)C6(c8ccccc8Oc8ccccc86)c6ccccc6-7)n5)cc4)(C2)C31. The van der Waals surface area contributed by atoms with Crippen LogP contribution in [0.25, 0.3) is 45.3 Å². The van der Waals surface area contributed by atoms with E-state index in [-0.39, 0.29) is 0 Å². The van der Waals surface area contributed by atoms with Gasteiger partial charge in [-0.05, 0) is 94.4 Å². The second-order valence-corrected chi connectivity index (χ2v) is 17.0. The summed E-state index contributed by atoms with van der Waals surface area (Å²) in [5.74, 6) is 7.38. The predicted molar refractivity (Wildman–Crippen MR) is 223 cm³/mol. The maximum atomic E-state index is 6.59. The third-order valence-corrected chi connectivity index (χ3v) is 14.6. The molecule has 4 nitrogen and oxygen atoms in total. The van der Waals surface area contributed by atoms with E-state index in [1.807, 2.05) is 6.07 Å². The summed E-state index contributed by atoms with van der Waals surface area (Å²) in [5.41, 5.74) is 11.5. The zero-order valence-corrected chi connectivity index (χ0v) is 31.7. The summed E-state index contributed by atoms with van der Waals surface area (Å²) < 4.78 is 6.59. The molecule has 0 radical (unpaired) electrons. The first-order chi connectivity index (χ1) is 27.7. The molecule has 3 unspecified atom stereocenters. The minimum absolute atomic E-state index is 0.337. The standard InChI is InChI=1S/C52H43N3O/c1-2-38-36-29-34-15-12-28-51(31-36,47(34)38)37-25-22-33(23-26-37)49-53-48(32-13-4-3-5-14-32)54-50(55-49)35-24-27-40-39-16-6-7-17-41(39)52(44(40)30-35)42-18-8-10-20-45(42)56-46-21-11-9-19-43(46)52/h3-11,13-14,16-27,30,34,36,38,47H,2,12,15,28-29,31H2,1H3/t34-,36?,38+,47?,51?/m0/s1. The summed E-state index contributed by atoms with van der Waals surface area (Å²) >= 11 is 0. The lowest BCUT2D eigenvalue weighted by Crippen LogP contribution is -2.41. The van der Waals surface area contributed by atoms with Gasteiger partial charge in [-0.15, -0.1) is 0 Å². The Morgan fingerprint density at radius 2 is 1.16 bits per heavy atom. The van der Waals surface area contributed by atoms with E-state index in [9.17, 15) is 0 Å². The summed E-state index contributed by atoms with van der Waals surface area (Å²) in [6.07, 6.45) is 8.27. The lowest BCUT2D eigenvalue weighted by Gasteiger charge is -2.47. The maximum Gasteiger partial charge on any atom is 0.164 e. The lowest BCUT2D eigenvalue weighted by molar-refractivity contribution is 0.111. The van der Waals surface area contributed by atoms with Crippen molar-refractivity contribution in [1.29, 1.82) is 0 Å². The van der Waals surface area contributed by atoms with Crippen LogP contribution in [0.5, 0.6) is 11.5 Å². The molecular formula is C52H43N3O. The van der Waals surface area contributed by atoms with Gasteiger partial charge in [0.2, 0.25) is 0 Å². The Labute approximate surface area is 328 Å². The topological polar surface area (TPSA) is 47.9 Å². The fourth-order valence-electron chi connectivity index (χ4n) is 12.6. The molecule has 6 aromatic carbocycles. The van der Waals surface area contributed by atoms with Gasteiger partial charge in [0.25, 0.3) is 0 Å². The number of nitrogens with zero attached hydrogens (tertiary/aromatic N) is 3. The van der Waals surface area contributed by atoms with Gasteiger partial charge in [-0.1, -0.05) is 154 Å². The lowest BCUT2D eigenvalue weighted by atomic mass is 9.57. The molecule has 12 rings (SSSR count). The van der Waals surface area contributed by atoms with E-state index in [4.69, 9.17) is 19.7 Å². The molecule has 5 atom stereocenters. The molecule has 4 aliphatic carbocycles. The van der Waals surface area contributed by atoms with Crippen LogP contribution in [0.3, 0.4) is 0 Å². The molecule has 1 spiro atoms. The largest absolute Gasteiger partial charge is 0.457 e. The molecule has 56 heavy (non-hydrogen) atoms. The average molecular weight is 726 g/mol. The van der Waals surface area contributed by atoms with Crippen molar-refractivity contribution in [3.05, 3.63) is 173 Å². The molecule has 3 saturated carbocycles. The fraction of sp³-hybridized carbons (Fsp3) is 0.250. The van der Waals surface area contributed by atoms with Crippen LogP contribution in [-0.4, -0.2) is 15.0 Å². The Hall–Kier alpha value is -5.87. The molecule has 0 amide bonds. The Balaban J connectivity index is 1.02. The van der Waals surface area contributed by atoms with Crippen LogP contribution < -0.4 is 4.74 Å². The van der Waals surface area contributed by atoms with Crippen molar-refractivity contribution >= 4 is 0 Å². The fourth-order valence-corrected chi connectivity index (χ4v) is 12.6. The molecule has 0 saturated heterocycles. The summed E-state index contributed by atoms with van der Waals surface area (Å²) in [5, 5.41) is 0. The van der Waals surface area contributed by atoms with Gasteiger partial charge in [-0.3, -0.25) is 0 Å². The van der Waals surface area contributed by atoms with Crippen molar-refractivity contribution < 1.29 is 4.74 Å². The average Bonchev–Trinajstić information content (AvgIpc) is 3.89. The number of fused-ring (bicyclic) bond motifs is 10. The monoisotopic (exact) mass is 725 g/mol. The van der Waals surface area contributed by atoms with Gasteiger partial charge in [0, 0.05) is 27.8 Å². The molecule has 5 aliphatic rings. The highest BCUT2D eigenvalue weighted by Crippen LogP contribution is 2.68. The van der Waals surface area contributed by atoms with Crippen molar-refractivity contribution in [2.75, 3.05) is 0 Å². The molecule has 1 aliphatic heterocycles. The first kappa shape index (κ1) is 32.4. The highest BCUT2D eigenvalue weighted by Gasteiger charge is 2.62. The smallest absolute Gasteiger partial charge is 0.164 e. The quantitative estimate of drug-likeness (QED) is 0.177. The predicted octanol–water partition coefficient (Wildman–Crippen LogP) is 12.4. The first-order valence-electron chi connectivity index (χ1n) is 20.7. The Kier molecular flexibility index (Phi) is 6.98. The highest BCUT2D eigenvalue weighted by molar-refractivity contribution is 5.90. The van der Waals surface area contributed by atoms with Crippen molar-refractivity contribution in [2.45, 2.75) is 56.3 Å². The van der Waals surface area contributed by atoms with Crippen LogP contribution in [0.15, 0.2) is 146 Å². The van der Waals surface area contributed by atoms with E-state index in [1.54, 1.807) is 0 Å². The third-order valence-electron chi connectivity index (χ3n) is 14.6. The second kappa shape index (κ2) is 12.1. The summed E-state index contributed by atoms with van der Waals surface area (Å²) in [7, 11) is 0. The maximum absolute atomic E-state index is 6.59. The van der Waals surface area contributed by atoms with Crippen molar-refractivity contribution in [1.82, 2.24) is 15.0 Å². The van der Waals surface area contributed by atoms with Gasteiger partial charge in [0.1, 0.15) is 11.5 Å². The van der Waals surface area contributed by atoms with Gasteiger partial charge >= 0.3 is 0 Å². The Morgan fingerprint density at radius 1 is 0.571 bits per heavy atom. The number of benzene rings is 6. The Morgan fingerprint density at radius 3 is 1.86 bits per heavy atom. The van der Waals surface area contributed by atoms with Gasteiger partial charge in [-0.2, -0.15) is 0 Å². The number of hydrogen-bond acceptors (Lipinski definition) is 4. The van der Waals surface area contributed by atoms with E-state index >= 15 is 0 Å². The molecule has 2 heterocycles. The van der Waals surface area contributed by atoms with Gasteiger partial charge in [0.15, 0.2) is 17.5 Å². The summed E-state index contributed by atoms with van der Waals surface area (Å²) in [4.78, 5) is 15.7. The van der Waals surface area contributed by atoms with Crippen molar-refractivity contribution in [2.24, 2.45) is 23.7 Å². The molecule has 1 aromatic heterocycles. The van der Waals surface area contributed by atoms with E-state index < -0.39 is 5.41 Å². The molecule has 0 N–H and O–H groups in total. The normalized spacial score (nSPS) is 24.2. The van der Waals surface area contributed by atoms with Crippen LogP contribution in [0, 0.1) is 23.7 Å². The zero-order valence-electron chi connectivity index (χ0n) is 31.7. The van der Waals surface area contributed by atoms with Gasteiger partial charge in [-0.25, -0.2) is 15.0 Å². The summed E-state index contributed by atoms with van der Waals surface area (Å²) in [6, 6.07) is 52.5. The van der Waals surface area contributed by atoms with Gasteiger partial charge < -0.3 is 4.74 Å². The van der Waals surface area contributed by atoms with Crippen LogP contribution in [-0.2, 0) is 10.8 Å². The van der Waals surface area contributed by atoms with Crippen LogP contribution >= 0.6 is 0 Å². The van der Waals surface area contributed by atoms with E-state index in [0.29, 0.717) is 22.9 Å². The van der Waals surface area contributed by atoms with Crippen molar-refractivity contribution in [3.63, 3.8) is 0 Å². The van der Waals surface area contributed by atoms with Crippen molar-refractivity contribution in [3.8, 4) is 56.8 Å². The Bertz CT molecular complexity index is 2640.